The highest BCUT2D eigenvalue weighted by Gasteiger charge is 2.18. The Morgan fingerprint density at radius 3 is 2.50 bits per heavy atom. The summed E-state index contributed by atoms with van der Waals surface area (Å²) in [7, 11) is 0. The summed E-state index contributed by atoms with van der Waals surface area (Å²) >= 11 is 17.4. The van der Waals surface area contributed by atoms with Crippen LogP contribution in [0.3, 0.4) is 0 Å². The lowest BCUT2D eigenvalue weighted by Gasteiger charge is -2.06. The summed E-state index contributed by atoms with van der Waals surface area (Å²) in [5.41, 5.74) is 1.53. The van der Waals surface area contributed by atoms with E-state index in [-0.39, 0.29) is 21.3 Å². The smallest absolute Gasteiger partial charge is 0.292 e. The van der Waals surface area contributed by atoms with Crippen LogP contribution >= 0.6 is 35.4 Å². The Morgan fingerprint density at radius 1 is 1.14 bits per heavy atom. The van der Waals surface area contributed by atoms with Gasteiger partial charge in [-0.25, -0.2) is 4.39 Å². The quantitative estimate of drug-likeness (QED) is 0.560. The molecule has 0 N–H and O–H groups in total. The van der Waals surface area contributed by atoms with Crippen LogP contribution in [0, 0.1) is 17.6 Å². The third-order valence-electron chi connectivity index (χ3n) is 3.12. The van der Waals surface area contributed by atoms with Crippen LogP contribution in [0.2, 0.25) is 10.0 Å². The Hall–Kier alpha value is -1.69. The van der Waals surface area contributed by atoms with E-state index in [9.17, 15) is 4.39 Å². The van der Waals surface area contributed by atoms with E-state index in [4.69, 9.17) is 39.8 Å². The van der Waals surface area contributed by atoms with Crippen LogP contribution in [0.25, 0.3) is 17.1 Å². The molecule has 3 rings (SSSR count). The van der Waals surface area contributed by atoms with Gasteiger partial charge in [0, 0.05) is 0 Å². The summed E-state index contributed by atoms with van der Waals surface area (Å²) in [6, 6.07) is 9.74. The molecule has 0 atom stereocenters. The molecule has 0 saturated carbocycles. The Morgan fingerprint density at radius 2 is 1.82 bits per heavy atom. The molecule has 0 aliphatic rings. The highest BCUT2D eigenvalue weighted by molar-refractivity contribution is 7.71. The number of benzene rings is 2. The molecule has 1 aromatic heterocycles. The molecule has 1 heterocycles. The minimum Gasteiger partial charge on any atom is -0.409 e. The van der Waals surface area contributed by atoms with Gasteiger partial charge < -0.3 is 4.42 Å². The highest BCUT2D eigenvalue weighted by Crippen LogP contribution is 2.31. The Bertz CT molecular complexity index is 880. The zero-order valence-corrected chi connectivity index (χ0v) is 13.6. The molecule has 0 aliphatic heterocycles. The highest BCUT2D eigenvalue weighted by atomic mass is 35.5. The molecular weight excluding hydrogens is 346 g/mol. The van der Waals surface area contributed by atoms with E-state index < -0.39 is 5.82 Å². The lowest BCUT2D eigenvalue weighted by atomic mass is 10.2. The molecule has 3 aromatic rings. The van der Waals surface area contributed by atoms with Crippen molar-refractivity contribution in [3.8, 4) is 17.1 Å². The minimum atomic E-state index is -0.535. The third-order valence-corrected chi connectivity index (χ3v) is 4.00. The molecule has 2 aromatic carbocycles. The molecule has 0 aliphatic carbocycles. The van der Waals surface area contributed by atoms with Crippen molar-refractivity contribution < 1.29 is 8.81 Å². The molecule has 0 spiro atoms. The zero-order valence-electron chi connectivity index (χ0n) is 11.3. The normalized spacial score (nSPS) is 10.9. The summed E-state index contributed by atoms with van der Waals surface area (Å²) in [6.07, 6.45) is 0. The van der Waals surface area contributed by atoms with Crippen molar-refractivity contribution >= 4 is 35.4 Å². The first-order chi connectivity index (χ1) is 10.5. The van der Waals surface area contributed by atoms with E-state index >= 15 is 0 Å². The third kappa shape index (κ3) is 2.56. The molecule has 0 saturated heterocycles. The van der Waals surface area contributed by atoms with Crippen LogP contribution in [0.1, 0.15) is 5.56 Å². The van der Waals surface area contributed by atoms with E-state index in [0.29, 0.717) is 10.7 Å². The molecule has 0 radical (unpaired) electrons. The van der Waals surface area contributed by atoms with Crippen molar-refractivity contribution in [1.82, 2.24) is 9.78 Å². The Kier molecular flexibility index (Phi) is 4.04. The number of hydrogen-bond acceptors (Lipinski definition) is 3. The van der Waals surface area contributed by atoms with Gasteiger partial charge in [0.05, 0.1) is 21.3 Å². The molecule has 7 heteroatoms. The molecule has 0 amide bonds. The van der Waals surface area contributed by atoms with Crippen molar-refractivity contribution in [2.75, 3.05) is 0 Å². The van der Waals surface area contributed by atoms with Crippen LogP contribution in [0.15, 0.2) is 40.8 Å². The summed E-state index contributed by atoms with van der Waals surface area (Å²) in [4.78, 5) is 0.0607. The van der Waals surface area contributed by atoms with Crippen molar-refractivity contribution in [1.29, 1.82) is 0 Å². The predicted molar refractivity (Wildman–Crippen MR) is 86.8 cm³/mol. The lowest BCUT2D eigenvalue weighted by molar-refractivity contribution is 0.536. The van der Waals surface area contributed by atoms with Crippen molar-refractivity contribution in [2.45, 2.75) is 6.92 Å². The molecular formula is C15H9Cl2FN2OS. The maximum atomic E-state index is 14.0. The largest absolute Gasteiger partial charge is 0.409 e. The monoisotopic (exact) mass is 354 g/mol. The fraction of sp³-hybridized carbons (Fsp3) is 0.0667. The number of rotatable bonds is 2. The number of aromatic nitrogens is 2. The van der Waals surface area contributed by atoms with Gasteiger partial charge in [-0.05, 0) is 42.9 Å². The van der Waals surface area contributed by atoms with Gasteiger partial charge in [-0.2, -0.15) is 4.68 Å². The molecule has 22 heavy (non-hydrogen) atoms. The second-order valence-electron chi connectivity index (χ2n) is 4.59. The zero-order chi connectivity index (χ0) is 15.9. The number of nitrogens with zero attached hydrogens (tertiary/aromatic N) is 2. The SMILES string of the molecule is Cc1cccc(Cl)c1-n1nc(-c2c(F)cccc2Cl)oc1=S. The van der Waals surface area contributed by atoms with E-state index in [1.54, 1.807) is 12.1 Å². The van der Waals surface area contributed by atoms with E-state index in [1.807, 2.05) is 19.1 Å². The first kappa shape index (κ1) is 15.2. The van der Waals surface area contributed by atoms with Crippen LogP contribution < -0.4 is 0 Å². The summed E-state index contributed by atoms with van der Waals surface area (Å²) in [5.74, 6) is -0.529. The second kappa shape index (κ2) is 5.83. The van der Waals surface area contributed by atoms with E-state index in [0.717, 1.165) is 5.56 Å². The first-order valence-electron chi connectivity index (χ1n) is 6.29. The van der Waals surface area contributed by atoms with Gasteiger partial charge in [0.2, 0.25) is 0 Å². The predicted octanol–water partition coefficient (Wildman–Crippen LogP) is 5.62. The molecule has 3 nitrogen and oxygen atoms in total. The van der Waals surface area contributed by atoms with Crippen molar-refractivity contribution in [2.24, 2.45) is 0 Å². The van der Waals surface area contributed by atoms with Crippen LogP contribution in [-0.4, -0.2) is 9.78 Å². The number of halogens is 3. The summed E-state index contributed by atoms with van der Waals surface area (Å²) < 4.78 is 20.8. The molecule has 0 bridgehead atoms. The van der Waals surface area contributed by atoms with Gasteiger partial charge in [0.15, 0.2) is 0 Å². The average Bonchev–Trinajstić information content (AvgIpc) is 2.80. The number of aryl methyl sites for hydroxylation is 1. The number of hydrogen-bond donors (Lipinski definition) is 0. The Balaban J connectivity index is 2.23. The van der Waals surface area contributed by atoms with Gasteiger partial charge >= 0.3 is 0 Å². The maximum absolute atomic E-state index is 14.0. The van der Waals surface area contributed by atoms with Crippen LogP contribution in [-0.2, 0) is 0 Å². The van der Waals surface area contributed by atoms with Crippen molar-refractivity contribution in [3.63, 3.8) is 0 Å². The maximum Gasteiger partial charge on any atom is 0.292 e. The molecule has 112 valence electrons. The van der Waals surface area contributed by atoms with Crippen LogP contribution in [0.5, 0.6) is 0 Å². The average molecular weight is 355 g/mol. The molecule has 0 fully saturated rings. The van der Waals surface area contributed by atoms with Crippen LogP contribution in [0.4, 0.5) is 4.39 Å². The minimum absolute atomic E-state index is 0.00687. The molecule has 0 unspecified atom stereocenters. The van der Waals surface area contributed by atoms with Gasteiger partial charge in [-0.15, -0.1) is 5.10 Å². The fourth-order valence-corrected chi connectivity index (χ4v) is 2.87. The Labute approximate surface area is 140 Å². The standard InChI is InChI=1S/C15H9Cl2FN2OS/c1-8-4-2-6-10(17)13(8)20-15(22)21-14(19-20)12-9(16)5-3-7-11(12)18/h2-7H,1H3. The van der Waals surface area contributed by atoms with Gasteiger partial charge in [-0.1, -0.05) is 41.4 Å². The lowest BCUT2D eigenvalue weighted by Crippen LogP contribution is -2.00. The van der Waals surface area contributed by atoms with E-state index in [1.165, 1.54) is 16.8 Å². The summed E-state index contributed by atoms with van der Waals surface area (Å²) in [6.45, 7) is 1.87. The first-order valence-corrected chi connectivity index (χ1v) is 7.45. The second-order valence-corrected chi connectivity index (χ2v) is 5.75. The summed E-state index contributed by atoms with van der Waals surface area (Å²) in [5, 5.41) is 4.89. The van der Waals surface area contributed by atoms with E-state index in [2.05, 4.69) is 5.10 Å². The van der Waals surface area contributed by atoms with Crippen molar-refractivity contribution in [3.05, 3.63) is 62.7 Å². The van der Waals surface area contributed by atoms with Gasteiger partial charge in [0.1, 0.15) is 5.82 Å². The topological polar surface area (TPSA) is 31.0 Å². The van der Waals surface area contributed by atoms with Gasteiger partial charge in [0.25, 0.3) is 10.7 Å². The van der Waals surface area contributed by atoms with Gasteiger partial charge in [-0.3, -0.25) is 0 Å². The number of para-hydroxylation sites is 1. The fourth-order valence-electron chi connectivity index (χ4n) is 2.11.